The quantitative estimate of drug-likeness (QED) is 0.679. The van der Waals surface area contributed by atoms with E-state index in [-0.39, 0.29) is 11.4 Å². The molecule has 0 radical (unpaired) electrons. The average molecular weight is 197 g/mol. The van der Waals surface area contributed by atoms with E-state index in [4.69, 9.17) is 4.74 Å². The van der Waals surface area contributed by atoms with Gasteiger partial charge in [0, 0.05) is 0 Å². The second-order valence-electron chi connectivity index (χ2n) is 4.42. The lowest BCUT2D eigenvalue weighted by Crippen LogP contribution is -2.29. The van der Waals surface area contributed by atoms with Crippen LogP contribution in [0.25, 0.3) is 0 Å². The lowest BCUT2D eigenvalue weighted by Gasteiger charge is -2.18. The zero-order chi connectivity index (χ0) is 10.0. The molecule has 1 aliphatic carbocycles. The van der Waals surface area contributed by atoms with Crippen LogP contribution >= 0.6 is 0 Å². The zero-order valence-corrected chi connectivity index (χ0v) is 8.84. The van der Waals surface area contributed by atoms with E-state index in [1.807, 2.05) is 6.92 Å². The summed E-state index contributed by atoms with van der Waals surface area (Å²) in [6, 6.07) is 0. The smallest absolute Gasteiger partial charge is 0.312 e. The largest absolute Gasteiger partial charge is 0.466 e. The Balaban J connectivity index is 1.97. The molecule has 0 aromatic heterocycles. The normalized spacial score (nSPS) is 36.5. The van der Waals surface area contributed by atoms with Gasteiger partial charge in [0.15, 0.2) is 0 Å². The van der Waals surface area contributed by atoms with Gasteiger partial charge in [0.2, 0.25) is 0 Å². The minimum atomic E-state index is -0.0938. The van der Waals surface area contributed by atoms with E-state index < -0.39 is 0 Å². The van der Waals surface area contributed by atoms with Crippen molar-refractivity contribution in [3.63, 3.8) is 0 Å². The van der Waals surface area contributed by atoms with Gasteiger partial charge in [-0.3, -0.25) is 4.79 Å². The molecule has 0 bridgehead atoms. The van der Waals surface area contributed by atoms with Gasteiger partial charge in [-0.05, 0) is 51.6 Å². The Morgan fingerprint density at radius 1 is 1.57 bits per heavy atom. The summed E-state index contributed by atoms with van der Waals surface area (Å²) in [7, 11) is 0. The molecule has 2 rings (SSSR count). The molecule has 1 aliphatic heterocycles. The van der Waals surface area contributed by atoms with Crippen LogP contribution < -0.4 is 5.32 Å². The maximum Gasteiger partial charge on any atom is 0.312 e. The third-order valence-electron chi connectivity index (χ3n) is 3.57. The molecule has 2 fully saturated rings. The molecular weight excluding hydrogens is 178 g/mol. The number of hydrogen-bond acceptors (Lipinski definition) is 3. The number of hydrogen-bond donors (Lipinski definition) is 1. The Morgan fingerprint density at radius 3 is 3.21 bits per heavy atom. The van der Waals surface area contributed by atoms with Crippen molar-refractivity contribution in [2.75, 3.05) is 19.7 Å². The Kier molecular flexibility index (Phi) is 2.77. The Labute approximate surface area is 85.2 Å². The molecule has 0 aromatic carbocycles. The predicted molar refractivity (Wildman–Crippen MR) is 53.9 cm³/mol. The number of carbonyl (C=O) groups is 1. The maximum atomic E-state index is 11.8. The van der Waals surface area contributed by atoms with E-state index in [1.165, 1.54) is 12.8 Å². The Hall–Kier alpha value is -0.570. The minimum Gasteiger partial charge on any atom is -0.466 e. The molecule has 80 valence electrons. The Morgan fingerprint density at radius 2 is 2.43 bits per heavy atom. The van der Waals surface area contributed by atoms with Crippen LogP contribution in [0, 0.1) is 11.3 Å². The fourth-order valence-corrected chi connectivity index (χ4v) is 2.60. The molecule has 2 atom stereocenters. The molecule has 1 N–H and O–H groups in total. The highest BCUT2D eigenvalue weighted by Crippen LogP contribution is 2.58. The number of ether oxygens (including phenoxy) is 1. The molecule has 3 nitrogen and oxygen atoms in total. The maximum absolute atomic E-state index is 11.8. The van der Waals surface area contributed by atoms with Crippen LogP contribution in [0.1, 0.15) is 32.6 Å². The fourth-order valence-electron chi connectivity index (χ4n) is 2.60. The standard InChI is InChI=1S/C11H19NO2/c1-2-14-10(13)11-5-7-12-6-3-4-9(11)8-11/h9,12H,2-8H2,1H3. The molecule has 1 saturated carbocycles. The first-order chi connectivity index (χ1) is 6.79. The summed E-state index contributed by atoms with van der Waals surface area (Å²) in [6.07, 6.45) is 4.42. The number of esters is 1. The summed E-state index contributed by atoms with van der Waals surface area (Å²) in [5.41, 5.74) is -0.0938. The minimum absolute atomic E-state index is 0.0497. The third kappa shape index (κ3) is 1.65. The van der Waals surface area contributed by atoms with Crippen LogP contribution in [-0.4, -0.2) is 25.7 Å². The number of carbonyl (C=O) groups excluding carboxylic acids is 1. The predicted octanol–water partition coefficient (Wildman–Crippen LogP) is 1.33. The molecule has 2 aliphatic rings. The van der Waals surface area contributed by atoms with Crippen molar-refractivity contribution in [3.8, 4) is 0 Å². The third-order valence-corrected chi connectivity index (χ3v) is 3.57. The summed E-state index contributed by atoms with van der Waals surface area (Å²) in [6.45, 7) is 4.47. The van der Waals surface area contributed by atoms with Crippen molar-refractivity contribution in [2.45, 2.75) is 32.6 Å². The molecule has 3 heteroatoms. The lowest BCUT2D eigenvalue weighted by atomic mass is 9.95. The molecular formula is C11H19NO2. The fraction of sp³-hybridized carbons (Fsp3) is 0.909. The van der Waals surface area contributed by atoms with E-state index in [2.05, 4.69) is 5.32 Å². The lowest BCUT2D eigenvalue weighted by molar-refractivity contribution is -0.150. The van der Waals surface area contributed by atoms with E-state index in [1.54, 1.807) is 0 Å². The van der Waals surface area contributed by atoms with Crippen LogP contribution in [0.5, 0.6) is 0 Å². The van der Waals surface area contributed by atoms with Gasteiger partial charge in [-0.2, -0.15) is 0 Å². The van der Waals surface area contributed by atoms with Crippen molar-refractivity contribution in [1.82, 2.24) is 5.32 Å². The second kappa shape index (κ2) is 3.89. The summed E-state index contributed by atoms with van der Waals surface area (Å²) in [5, 5.41) is 3.36. The van der Waals surface area contributed by atoms with Crippen LogP contribution in [-0.2, 0) is 9.53 Å². The van der Waals surface area contributed by atoms with Crippen molar-refractivity contribution in [2.24, 2.45) is 11.3 Å². The second-order valence-corrected chi connectivity index (χ2v) is 4.42. The van der Waals surface area contributed by atoms with Gasteiger partial charge in [0.25, 0.3) is 0 Å². The Bertz CT molecular complexity index is 229. The summed E-state index contributed by atoms with van der Waals surface area (Å²) >= 11 is 0. The topological polar surface area (TPSA) is 38.3 Å². The van der Waals surface area contributed by atoms with Crippen molar-refractivity contribution in [3.05, 3.63) is 0 Å². The van der Waals surface area contributed by atoms with Crippen LogP contribution in [0.15, 0.2) is 0 Å². The molecule has 0 spiro atoms. The van der Waals surface area contributed by atoms with Crippen LogP contribution in [0.3, 0.4) is 0 Å². The van der Waals surface area contributed by atoms with E-state index in [0.717, 1.165) is 25.9 Å². The first kappa shape index (κ1) is 9.97. The molecule has 0 amide bonds. The molecule has 14 heavy (non-hydrogen) atoms. The summed E-state index contributed by atoms with van der Waals surface area (Å²) in [5.74, 6) is 0.664. The number of rotatable bonds is 2. The van der Waals surface area contributed by atoms with Crippen molar-refractivity contribution in [1.29, 1.82) is 0 Å². The zero-order valence-electron chi connectivity index (χ0n) is 8.84. The van der Waals surface area contributed by atoms with Gasteiger partial charge < -0.3 is 10.1 Å². The average Bonchev–Trinajstić information content (AvgIpc) is 2.80. The molecule has 1 heterocycles. The van der Waals surface area contributed by atoms with Crippen molar-refractivity contribution < 1.29 is 9.53 Å². The van der Waals surface area contributed by atoms with E-state index >= 15 is 0 Å². The number of nitrogens with one attached hydrogen (secondary N) is 1. The highest BCUT2D eigenvalue weighted by atomic mass is 16.5. The van der Waals surface area contributed by atoms with Gasteiger partial charge in [-0.1, -0.05) is 0 Å². The highest BCUT2D eigenvalue weighted by molar-refractivity contribution is 5.80. The summed E-state index contributed by atoms with van der Waals surface area (Å²) in [4.78, 5) is 11.8. The van der Waals surface area contributed by atoms with Crippen LogP contribution in [0.2, 0.25) is 0 Å². The SMILES string of the molecule is CCOC(=O)C12CCNCCCC1C2. The van der Waals surface area contributed by atoms with Gasteiger partial charge >= 0.3 is 5.97 Å². The van der Waals surface area contributed by atoms with Gasteiger partial charge in [-0.25, -0.2) is 0 Å². The van der Waals surface area contributed by atoms with Crippen molar-refractivity contribution >= 4 is 5.97 Å². The first-order valence-electron chi connectivity index (χ1n) is 5.67. The molecule has 0 aromatic rings. The molecule has 1 saturated heterocycles. The van der Waals surface area contributed by atoms with Crippen LogP contribution in [0.4, 0.5) is 0 Å². The van der Waals surface area contributed by atoms with Gasteiger partial charge in [-0.15, -0.1) is 0 Å². The summed E-state index contributed by atoms with van der Waals surface area (Å²) < 4.78 is 5.16. The van der Waals surface area contributed by atoms with Gasteiger partial charge in [0.1, 0.15) is 0 Å². The highest BCUT2D eigenvalue weighted by Gasteiger charge is 2.59. The van der Waals surface area contributed by atoms with Gasteiger partial charge in [0.05, 0.1) is 12.0 Å². The van der Waals surface area contributed by atoms with E-state index in [0.29, 0.717) is 12.5 Å². The van der Waals surface area contributed by atoms with E-state index in [9.17, 15) is 4.79 Å². The molecule has 2 unspecified atom stereocenters. The first-order valence-corrected chi connectivity index (χ1v) is 5.67. The number of fused-ring (bicyclic) bond motifs is 1. The monoisotopic (exact) mass is 197 g/mol.